The van der Waals surface area contributed by atoms with Crippen molar-refractivity contribution < 1.29 is 17.6 Å². The van der Waals surface area contributed by atoms with Crippen LogP contribution in [0.2, 0.25) is 0 Å². The van der Waals surface area contributed by atoms with Gasteiger partial charge in [-0.15, -0.1) is 0 Å². The molecule has 0 aliphatic carbocycles. The van der Waals surface area contributed by atoms with E-state index in [1.54, 1.807) is 0 Å². The number of halogens is 4. The van der Waals surface area contributed by atoms with Crippen LogP contribution in [0.4, 0.5) is 17.6 Å². The Kier molecular flexibility index (Phi) is 4.29. The van der Waals surface area contributed by atoms with Gasteiger partial charge in [0.25, 0.3) is 0 Å². The van der Waals surface area contributed by atoms with Crippen molar-refractivity contribution >= 4 is 0 Å². The summed E-state index contributed by atoms with van der Waals surface area (Å²) in [4.78, 5) is 7.19. The van der Waals surface area contributed by atoms with Gasteiger partial charge in [-0.1, -0.05) is 6.07 Å². The summed E-state index contributed by atoms with van der Waals surface area (Å²) in [5, 5.41) is 2.89. The molecule has 2 rings (SSSR count). The Hall–Kier alpha value is -2.02. The first kappa shape index (κ1) is 14.4. The number of aromatic nitrogens is 2. The maximum absolute atomic E-state index is 13.3. The van der Waals surface area contributed by atoms with Gasteiger partial charge in [-0.2, -0.15) is 13.2 Å². The molecule has 3 nitrogen and oxygen atoms in total. The van der Waals surface area contributed by atoms with E-state index in [4.69, 9.17) is 0 Å². The van der Waals surface area contributed by atoms with E-state index >= 15 is 0 Å². The van der Waals surface area contributed by atoms with Crippen LogP contribution in [0.5, 0.6) is 0 Å². The highest BCUT2D eigenvalue weighted by Crippen LogP contribution is 2.27. The average Bonchev–Trinajstić information content (AvgIpc) is 2.40. The second kappa shape index (κ2) is 5.96. The zero-order valence-corrected chi connectivity index (χ0v) is 10.3. The van der Waals surface area contributed by atoms with Gasteiger partial charge in [0.2, 0.25) is 0 Å². The molecule has 2 heterocycles. The summed E-state index contributed by atoms with van der Waals surface area (Å²) < 4.78 is 50.2. The van der Waals surface area contributed by atoms with Crippen LogP contribution in [0.1, 0.15) is 17.0 Å². The van der Waals surface area contributed by atoms with E-state index in [0.717, 1.165) is 12.3 Å². The summed E-state index contributed by atoms with van der Waals surface area (Å²) >= 11 is 0. The molecule has 7 heteroatoms. The molecule has 106 valence electrons. The Morgan fingerprint density at radius 3 is 2.45 bits per heavy atom. The standard InChI is InChI=1S/C13H11F4N3/c14-10-2-1-5-19-11(10)8-18-6-9-3-4-12(20-7-9)13(15,16)17/h1-5,7,18H,6,8H2. The van der Waals surface area contributed by atoms with Crippen molar-refractivity contribution in [3.63, 3.8) is 0 Å². The predicted molar refractivity (Wildman–Crippen MR) is 64.0 cm³/mol. The maximum atomic E-state index is 13.3. The summed E-state index contributed by atoms with van der Waals surface area (Å²) in [5.74, 6) is -0.425. The molecule has 0 aliphatic rings. The summed E-state index contributed by atoms with van der Waals surface area (Å²) in [6.45, 7) is 0.467. The van der Waals surface area contributed by atoms with E-state index in [-0.39, 0.29) is 18.8 Å². The van der Waals surface area contributed by atoms with Crippen LogP contribution in [0.15, 0.2) is 36.7 Å². The molecule has 1 N–H and O–H groups in total. The van der Waals surface area contributed by atoms with Crippen molar-refractivity contribution in [1.82, 2.24) is 15.3 Å². The second-order valence-electron chi connectivity index (χ2n) is 4.08. The fourth-order valence-corrected chi connectivity index (χ4v) is 1.57. The van der Waals surface area contributed by atoms with Crippen molar-refractivity contribution in [1.29, 1.82) is 0 Å². The molecule has 20 heavy (non-hydrogen) atoms. The first-order valence-electron chi connectivity index (χ1n) is 5.79. The highest BCUT2D eigenvalue weighted by Gasteiger charge is 2.31. The Bertz CT molecular complexity index is 567. The monoisotopic (exact) mass is 285 g/mol. The van der Waals surface area contributed by atoms with Gasteiger partial charge in [0.15, 0.2) is 0 Å². The van der Waals surface area contributed by atoms with Gasteiger partial charge >= 0.3 is 6.18 Å². The van der Waals surface area contributed by atoms with E-state index in [2.05, 4.69) is 15.3 Å². The second-order valence-corrected chi connectivity index (χ2v) is 4.08. The van der Waals surface area contributed by atoms with Gasteiger partial charge in [0.05, 0.1) is 5.69 Å². The largest absolute Gasteiger partial charge is 0.433 e. The Morgan fingerprint density at radius 1 is 1.05 bits per heavy atom. The molecule has 0 radical (unpaired) electrons. The van der Waals surface area contributed by atoms with Gasteiger partial charge in [0.1, 0.15) is 11.5 Å². The lowest BCUT2D eigenvalue weighted by atomic mass is 10.2. The molecular weight excluding hydrogens is 274 g/mol. The van der Waals surface area contributed by atoms with Crippen molar-refractivity contribution in [2.75, 3.05) is 0 Å². The molecule has 0 bridgehead atoms. The zero-order valence-electron chi connectivity index (χ0n) is 10.3. The molecule has 0 fully saturated rings. The predicted octanol–water partition coefficient (Wildman–Crippen LogP) is 2.92. The number of pyridine rings is 2. The number of hydrogen-bond acceptors (Lipinski definition) is 3. The molecule has 0 aliphatic heterocycles. The van der Waals surface area contributed by atoms with Gasteiger partial charge in [-0.05, 0) is 23.8 Å². The van der Waals surface area contributed by atoms with Crippen molar-refractivity contribution in [2.45, 2.75) is 19.3 Å². The van der Waals surface area contributed by atoms with Gasteiger partial charge in [0, 0.05) is 25.5 Å². The van der Waals surface area contributed by atoms with Gasteiger partial charge in [-0.3, -0.25) is 9.97 Å². The third-order valence-electron chi connectivity index (χ3n) is 2.57. The number of rotatable bonds is 4. The van der Waals surface area contributed by atoms with Crippen molar-refractivity contribution in [3.05, 3.63) is 59.4 Å². The lowest BCUT2D eigenvalue weighted by Gasteiger charge is -2.07. The Morgan fingerprint density at radius 2 is 1.85 bits per heavy atom. The van der Waals surface area contributed by atoms with Gasteiger partial charge < -0.3 is 5.32 Å². The summed E-state index contributed by atoms with van der Waals surface area (Å²) in [6, 6.07) is 5.03. The number of nitrogens with one attached hydrogen (secondary N) is 1. The third kappa shape index (κ3) is 3.74. The molecule has 2 aromatic rings. The third-order valence-corrected chi connectivity index (χ3v) is 2.57. The minimum absolute atomic E-state index is 0.188. The lowest BCUT2D eigenvalue weighted by molar-refractivity contribution is -0.141. The number of alkyl halides is 3. The summed E-state index contributed by atoms with van der Waals surface area (Å²) in [5.41, 5.74) is -0.0984. The van der Waals surface area contributed by atoms with Crippen molar-refractivity contribution in [2.24, 2.45) is 0 Å². The maximum Gasteiger partial charge on any atom is 0.433 e. The van der Waals surface area contributed by atoms with Crippen LogP contribution in [0.3, 0.4) is 0 Å². The van der Waals surface area contributed by atoms with Gasteiger partial charge in [-0.25, -0.2) is 4.39 Å². The minimum Gasteiger partial charge on any atom is -0.307 e. The van der Waals surface area contributed by atoms with Crippen molar-refractivity contribution in [3.8, 4) is 0 Å². The minimum atomic E-state index is -4.44. The molecule has 0 unspecified atom stereocenters. The number of hydrogen-bond donors (Lipinski definition) is 1. The average molecular weight is 285 g/mol. The molecule has 0 saturated heterocycles. The van der Waals surface area contributed by atoms with Crippen LogP contribution in [0, 0.1) is 5.82 Å². The first-order valence-corrected chi connectivity index (χ1v) is 5.79. The molecule has 0 amide bonds. The van der Waals surface area contributed by atoms with E-state index in [0.29, 0.717) is 5.56 Å². The fraction of sp³-hybridized carbons (Fsp3) is 0.231. The van der Waals surface area contributed by atoms with Crippen LogP contribution in [-0.4, -0.2) is 9.97 Å². The zero-order chi connectivity index (χ0) is 14.6. The molecule has 0 spiro atoms. The highest BCUT2D eigenvalue weighted by atomic mass is 19.4. The molecule has 0 saturated carbocycles. The quantitative estimate of drug-likeness (QED) is 0.878. The van der Waals surface area contributed by atoms with E-state index in [1.165, 1.54) is 24.4 Å². The Balaban J connectivity index is 1.90. The first-order chi connectivity index (χ1) is 9.47. The molecular formula is C13H11F4N3. The molecule has 0 atom stereocenters. The normalized spacial score (nSPS) is 11.6. The highest BCUT2D eigenvalue weighted by molar-refractivity contribution is 5.16. The van der Waals surface area contributed by atoms with E-state index in [1.807, 2.05) is 0 Å². The van der Waals surface area contributed by atoms with Crippen LogP contribution in [-0.2, 0) is 19.3 Å². The smallest absolute Gasteiger partial charge is 0.307 e. The van der Waals surface area contributed by atoms with E-state index < -0.39 is 17.7 Å². The van der Waals surface area contributed by atoms with E-state index in [9.17, 15) is 17.6 Å². The SMILES string of the molecule is Fc1cccnc1CNCc1ccc(C(F)(F)F)nc1. The fourth-order valence-electron chi connectivity index (χ4n) is 1.57. The Labute approximate surface area is 112 Å². The van der Waals surface area contributed by atoms with Crippen LogP contribution < -0.4 is 5.32 Å². The summed E-state index contributed by atoms with van der Waals surface area (Å²) in [7, 11) is 0. The molecule has 0 aromatic carbocycles. The van der Waals surface area contributed by atoms with Crippen LogP contribution >= 0.6 is 0 Å². The van der Waals surface area contributed by atoms with Crippen LogP contribution in [0.25, 0.3) is 0 Å². The lowest BCUT2D eigenvalue weighted by Crippen LogP contribution is -2.15. The number of nitrogens with zero attached hydrogens (tertiary/aromatic N) is 2. The topological polar surface area (TPSA) is 37.8 Å². The molecule has 2 aromatic heterocycles. The summed E-state index contributed by atoms with van der Waals surface area (Å²) in [6.07, 6.45) is -1.83.